The fourth-order valence-electron chi connectivity index (χ4n) is 4.95. The molecule has 0 saturated carbocycles. The van der Waals surface area contributed by atoms with Crippen molar-refractivity contribution in [3.8, 4) is 11.5 Å². The second-order valence-electron chi connectivity index (χ2n) is 8.65. The van der Waals surface area contributed by atoms with E-state index in [1.165, 1.54) is 0 Å². The molecule has 0 N–H and O–H groups in total. The van der Waals surface area contributed by atoms with E-state index in [1.54, 1.807) is 17.0 Å². The maximum absolute atomic E-state index is 13.1. The van der Waals surface area contributed by atoms with Gasteiger partial charge in [0, 0.05) is 56.9 Å². The van der Waals surface area contributed by atoms with Crippen LogP contribution in [0.4, 0.5) is 5.69 Å². The van der Waals surface area contributed by atoms with Gasteiger partial charge in [-0.3, -0.25) is 14.5 Å². The number of benzene rings is 1. The highest BCUT2D eigenvalue weighted by molar-refractivity contribution is 7.91. The van der Waals surface area contributed by atoms with Gasteiger partial charge < -0.3 is 19.3 Å². The number of fused-ring (bicyclic) bond motifs is 1. The van der Waals surface area contributed by atoms with Crippen LogP contribution in [0.25, 0.3) is 0 Å². The molecule has 0 spiro atoms. The fourth-order valence-corrected chi connectivity index (χ4v) is 6.71. The molecule has 0 radical (unpaired) electrons. The van der Waals surface area contributed by atoms with E-state index in [2.05, 4.69) is 4.90 Å². The molecule has 2 amide bonds. The van der Waals surface area contributed by atoms with Gasteiger partial charge in [0.1, 0.15) is 13.2 Å². The summed E-state index contributed by atoms with van der Waals surface area (Å²) in [6, 6.07) is 5.50. The van der Waals surface area contributed by atoms with Gasteiger partial charge in [-0.1, -0.05) is 0 Å². The highest BCUT2D eigenvalue weighted by Gasteiger charge is 2.39. The summed E-state index contributed by atoms with van der Waals surface area (Å²) in [7, 11) is -2.91. The minimum absolute atomic E-state index is 0.00656. The molecule has 0 unspecified atom stereocenters. The largest absolute Gasteiger partial charge is 0.486 e. The maximum atomic E-state index is 13.1. The topological polar surface area (TPSA) is 96.5 Å². The number of hydrogen-bond acceptors (Lipinski definition) is 7. The molecule has 0 bridgehead atoms. The van der Waals surface area contributed by atoms with Crippen LogP contribution in [0.1, 0.15) is 12.8 Å². The molecule has 9 nitrogen and oxygen atoms in total. The first-order valence-electron chi connectivity index (χ1n) is 10.8. The summed E-state index contributed by atoms with van der Waals surface area (Å²) in [5.74, 6) is 1.36. The molecule has 0 aromatic heterocycles. The van der Waals surface area contributed by atoms with Gasteiger partial charge in [0.05, 0.1) is 17.4 Å². The zero-order chi connectivity index (χ0) is 21.6. The molecule has 4 aliphatic heterocycles. The Labute approximate surface area is 181 Å². The first-order valence-corrected chi connectivity index (χ1v) is 12.6. The lowest BCUT2D eigenvalue weighted by Gasteiger charge is -2.38. The number of carbonyl (C=O) groups is 2. The van der Waals surface area contributed by atoms with Crippen molar-refractivity contribution in [3.05, 3.63) is 18.2 Å². The van der Waals surface area contributed by atoms with Crippen LogP contribution in [-0.2, 0) is 19.4 Å². The molecule has 1 aromatic carbocycles. The van der Waals surface area contributed by atoms with Crippen molar-refractivity contribution >= 4 is 27.3 Å². The summed E-state index contributed by atoms with van der Waals surface area (Å²) in [5, 5.41) is 0. The maximum Gasteiger partial charge on any atom is 0.228 e. The van der Waals surface area contributed by atoms with Gasteiger partial charge in [-0.25, -0.2) is 8.42 Å². The van der Waals surface area contributed by atoms with E-state index < -0.39 is 9.84 Å². The normalized spacial score (nSPS) is 28.2. The average molecular weight is 450 g/mol. The van der Waals surface area contributed by atoms with Crippen molar-refractivity contribution < 1.29 is 27.5 Å². The van der Waals surface area contributed by atoms with Crippen LogP contribution >= 0.6 is 0 Å². The Morgan fingerprint density at radius 2 is 1.77 bits per heavy atom. The first-order chi connectivity index (χ1) is 14.9. The molecular weight excluding hydrogens is 422 g/mol. The molecule has 4 heterocycles. The van der Waals surface area contributed by atoms with Crippen LogP contribution in [0.5, 0.6) is 11.5 Å². The Morgan fingerprint density at radius 3 is 2.48 bits per heavy atom. The third kappa shape index (κ3) is 4.10. The average Bonchev–Trinajstić information content (AvgIpc) is 3.35. The zero-order valence-electron chi connectivity index (χ0n) is 17.4. The van der Waals surface area contributed by atoms with E-state index in [4.69, 9.17) is 9.47 Å². The number of sulfone groups is 1. The summed E-state index contributed by atoms with van der Waals surface area (Å²) in [6.45, 7) is 3.85. The molecule has 3 fully saturated rings. The number of carbonyl (C=O) groups excluding carboxylic acids is 2. The molecule has 10 heteroatoms. The van der Waals surface area contributed by atoms with Gasteiger partial charge in [0.2, 0.25) is 11.8 Å². The van der Waals surface area contributed by atoms with Gasteiger partial charge in [0.15, 0.2) is 21.3 Å². The minimum Gasteiger partial charge on any atom is -0.486 e. The Hall–Kier alpha value is -2.33. The third-order valence-electron chi connectivity index (χ3n) is 6.66. The lowest BCUT2D eigenvalue weighted by Crippen LogP contribution is -2.53. The van der Waals surface area contributed by atoms with Crippen molar-refractivity contribution in [2.75, 3.05) is 62.3 Å². The number of nitrogens with zero attached hydrogens (tertiary/aromatic N) is 3. The van der Waals surface area contributed by atoms with Crippen molar-refractivity contribution in [3.63, 3.8) is 0 Å². The molecule has 0 aliphatic carbocycles. The summed E-state index contributed by atoms with van der Waals surface area (Å²) in [6.07, 6.45) is 0.881. The summed E-state index contributed by atoms with van der Waals surface area (Å²) < 4.78 is 34.6. The van der Waals surface area contributed by atoms with Gasteiger partial charge in [0.25, 0.3) is 0 Å². The van der Waals surface area contributed by atoms with Crippen molar-refractivity contribution in [2.45, 2.75) is 18.9 Å². The standard InChI is InChI=1S/C21H27N3O6S/c25-20-11-15(13-24(20)16-1-2-18-19(12-16)30-9-8-29-18)21(26)23-6-4-22(5-7-23)17-3-10-31(27,28)14-17/h1-2,12,15,17H,3-11,13-14H2/t15-,17-/m1/s1. The third-order valence-corrected chi connectivity index (χ3v) is 8.41. The van der Waals surface area contributed by atoms with Crippen molar-refractivity contribution in [1.29, 1.82) is 0 Å². The number of piperazine rings is 1. The molecular formula is C21H27N3O6S. The highest BCUT2D eigenvalue weighted by Crippen LogP contribution is 2.36. The summed E-state index contributed by atoms with van der Waals surface area (Å²) in [4.78, 5) is 31.4. The van der Waals surface area contributed by atoms with E-state index in [9.17, 15) is 18.0 Å². The van der Waals surface area contributed by atoms with Crippen LogP contribution in [-0.4, -0.2) is 93.5 Å². The van der Waals surface area contributed by atoms with E-state index in [0.717, 1.165) is 5.69 Å². The molecule has 31 heavy (non-hydrogen) atoms. The quantitative estimate of drug-likeness (QED) is 0.648. The predicted octanol–water partition coefficient (Wildman–Crippen LogP) is 0.142. The highest BCUT2D eigenvalue weighted by atomic mass is 32.2. The molecule has 2 atom stereocenters. The zero-order valence-corrected chi connectivity index (χ0v) is 18.2. The predicted molar refractivity (Wildman–Crippen MR) is 113 cm³/mol. The van der Waals surface area contributed by atoms with E-state index in [0.29, 0.717) is 63.9 Å². The van der Waals surface area contributed by atoms with Crippen LogP contribution in [0.15, 0.2) is 18.2 Å². The van der Waals surface area contributed by atoms with Crippen LogP contribution in [0.3, 0.4) is 0 Å². The van der Waals surface area contributed by atoms with Crippen molar-refractivity contribution in [2.24, 2.45) is 5.92 Å². The Bertz CT molecular complexity index is 989. The van der Waals surface area contributed by atoms with Crippen LogP contribution in [0, 0.1) is 5.92 Å². The number of amides is 2. The molecule has 5 rings (SSSR count). The van der Waals surface area contributed by atoms with Gasteiger partial charge in [-0.15, -0.1) is 0 Å². The smallest absolute Gasteiger partial charge is 0.228 e. The Balaban J connectivity index is 1.19. The Kier molecular flexibility index (Phi) is 5.29. The van der Waals surface area contributed by atoms with Gasteiger partial charge in [-0.2, -0.15) is 0 Å². The lowest BCUT2D eigenvalue weighted by molar-refractivity contribution is -0.137. The molecule has 4 aliphatic rings. The van der Waals surface area contributed by atoms with Crippen molar-refractivity contribution in [1.82, 2.24) is 9.80 Å². The SMILES string of the molecule is O=C([C@@H]1CC(=O)N(c2ccc3c(c2)OCCO3)C1)N1CCN([C@@H]2CCS(=O)(=O)C2)CC1. The van der Waals surface area contributed by atoms with E-state index in [1.807, 2.05) is 11.0 Å². The second-order valence-corrected chi connectivity index (χ2v) is 10.9. The second kappa shape index (κ2) is 7.98. The summed E-state index contributed by atoms with van der Waals surface area (Å²) >= 11 is 0. The first kappa shape index (κ1) is 20.6. The molecule has 1 aromatic rings. The van der Waals surface area contributed by atoms with Crippen LogP contribution in [0.2, 0.25) is 0 Å². The van der Waals surface area contributed by atoms with E-state index in [-0.39, 0.29) is 41.7 Å². The number of ether oxygens (including phenoxy) is 2. The monoisotopic (exact) mass is 449 g/mol. The van der Waals surface area contributed by atoms with Gasteiger partial charge in [-0.05, 0) is 18.6 Å². The lowest BCUT2D eigenvalue weighted by atomic mass is 10.1. The van der Waals surface area contributed by atoms with E-state index >= 15 is 0 Å². The minimum atomic E-state index is -2.91. The molecule has 3 saturated heterocycles. The number of rotatable bonds is 3. The molecule has 168 valence electrons. The summed E-state index contributed by atoms with van der Waals surface area (Å²) in [5.41, 5.74) is 0.719. The Morgan fingerprint density at radius 1 is 1.03 bits per heavy atom. The van der Waals surface area contributed by atoms with Crippen LogP contribution < -0.4 is 14.4 Å². The number of anilines is 1. The number of hydrogen-bond donors (Lipinski definition) is 0. The van der Waals surface area contributed by atoms with Gasteiger partial charge >= 0.3 is 0 Å². The fraction of sp³-hybridized carbons (Fsp3) is 0.619.